The number of hydrogen-bond acceptors (Lipinski definition) is 4. The molecule has 0 fully saturated rings. The van der Waals surface area contributed by atoms with Crippen LogP contribution in [0.15, 0.2) is 55.0 Å². The molecule has 158 valence electrons. The number of fused-ring (bicyclic) bond motifs is 1. The maximum absolute atomic E-state index is 13.0. The first-order valence-corrected chi connectivity index (χ1v) is 10.7. The standard InChI is InChI=1S/C24H22Cl2N4O/c1-24(2,3)22-17(5-4-16-6-7-18(25)13-20(16)22)12-19(31)10-15-11-21(26)23(27-14-15)30-28-8-9-29-30/h4-9,11,13-14H,10,12H2,1-3H3. The Morgan fingerprint density at radius 3 is 2.39 bits per heavy atom. The topological polar surface area (TPSA) is 60.7 Å². The van der Waals surface area contributed by atoms with Gasteiger partial charge in [-0.2, -0.15) is 10.2 Å². The normalized spacial score (nSPS) is 11.8. The number of rotatable bonds is 5. The maximum atomic E-state index is 13.0. The summed E-state index contributed by atoms with van der Waals surface area (Å²) in [4.78, 5) is 18.6. The predicted octanol–water partition coefficient (Wildman–Crippen LogP) is 5.77. The van der Waals surface area contributed by atoms with Gasteiger partial charge in [-0.3, -0.25) is 4.79 Å². The van der Waals surface area contributed by atoms with Gasteiger partial charge in [0.05, 0.1) is 17.4 Å². The van der Waals surface area contributed by atoms with Crippen LogP contribution < -0.4 is 0 Å². The van der Waals surface area contributed by atoms with Crippen LogP contribution in [0.4, 0.5) is 0 Å². The molecule has 0 N–H and O–H groups in total. The lowest BCUT2D eigenvalue weighted by Crippen LogP contribution is -2.18. The predicted molar refractivity (Wildman–Crippen MR) is 124 cm³/mol. The van der Waals surface area contributed by atoms with Gasteiger partial charge >= 0.3 is 0 Å². The molecule has 0 aliphatic carbocycles. The second-order valence-electron chi connectivity index (χ2n) is 8.57. The van der Waals surface area contributed by atoms with Crippen molar-refractivity contribution < 1.29 is 4.79 Å². The summed E-state index contributed by atoms with van der Waals surface area (Å²) < 4.78 is 0. The molecule has 0 radical (unpaired) electrons. The van der Waals surface area contributed by atoms with Gasteiger partial charge in [-0.1, -0.05) is 62.2 Å². The molecule has 2 aromatic carbocycles. The van der Waals surface area contributed by atoms with E-state index in [0.29, 0.717) is 22.3 Å². The molecule has 0 saturated carbocycles. The summed E-state index contributed by atoms with van der Waals surface area (Å²) in [5, 5.41) is 11.4. The third-order valence-corrected chi connectivity index (χ3v) is 5.61. The van der Waals surface area contributed by atoms with Crippen LogP contribution in [0.25, 0.3) is 16.6 Å². The Morgan fingerprint density at radius 1 is 1.00 bits per heavy atom. The Labute approximate surface area is 191 Å². The summed E-state index contributed by atoms with van der Waals surface area (Å²) >= 11 is 12.6. The number of ketones is 1. The van der Waals surface area contributed by atoms with Gasteiger partial charge in [0.1, 0.15) is 5.78 Å². The van der Waals surface area contributed by atoms with Gasteiger partial charge in [0, 0.05) is 24.1 Å². The third-order valence-electron chi connectivity index (χ3n) is 5.10. The van der Waals surface area contributed by atoms with E-state index < -0.39 is 0 Å². The van der Waals surface area contributed by atoms with E-state index in [4.69, 9.17) is 23.2 Å². The molecule has 0 unspecified atom stereocenters. The number of carbonyl (C=O) groups excluding carboxylic acids is 1. The number of halogens is 2. The van der Waals surface area contributed by atoms with E-state index in [1.54, 1.807) is 24.7 Å². The summed E-state index contributed by atoms with van der Waals surface area (Å²) in [5.74, 6) is 0.527. The van der Waals surface area contributed by atoms with Crippen LogP contribution in [-0.4, -0.2) is 25.8 Å². The second kappa shape index (κ2) is 8.40. The molecule has 31 heavy (non-hydrogen) atoms. The van der Waals surface area contributed by atoms with Crippen molar-refractivity contribution in [3.63, 3.8) is 0 Å². The lowest BCUT2D eigenvalue weighted by Gasteiger charge is -2.25. The van der Waals surface area contributed by atoms with E-state index in [9.17, 15) is 4.79 Å². The number of Topliss-reactive ketones (excluding diaryl/α,β-unsaturated/α-hetero) is 1. The zero-order valence-corrected chi connectivity index (χ0v) is 19.1. The van der Waals surface area contributed by atoms with E-state index >= 15 is 0 Å². The number of carbonyl (C=O) groups is 1. The molecule has 2 heterocycles. The number of aromatic nitrogens is 4. The molecular formula is C24H22Cl2N4O. The Kier molecular flexibility index (Phi) is 5.82. The molecule has 4 rings (SSSR count). The summed E-state index contributed by atoms with van der Waals surface area (Å²) in [5.41, 5.74) is 2.79. The van der Waals surface area contributed by atoms with Gasteiger partial charge in [0.2, 0.25) is 0 Å². The highest BCUT2D eigenvalue weighted by Crippen LogP contribution is 2.35. The van der Waals surface area contributed by atoms with Crippen LogP contribution in [0, 0.1) is 0 Å². The van der Waals surface area contributed by atoms with Crippen LogP contribution in [0.5, 0.6) is 0 Å². The summed E-state index contributed by atoms with van der Waals surface area (Å²) in [6, 6.07) is 11.7. The highest BCUT2D eigenvalue weighted by Gasteiger charge is 2.22. The Bertz CT molecular complexity index is 1260. The minimum absolute atomic E-state index is 0.0923. The number of hydrogen-bond donors (Lipinski definition) is 0. The van der Waals surface area contributed by atoms with Crippen LogP contribution >= 0.6 is 23.2 Å². The quantitative estimate of drug-likeness (QED) is 0.385. The van der Waals surface area contributed by atoms with E-state index in [1.807, 2.05) is 30.3 Å². The second-order valence-corrected chi connectivity index (χ2v) is 9.42. The fourth-order valence-electron chi connectivity index (χ4n) is 3.91. The number of nitrogens with zero attached hydrogens (tertiary/aromatic N) is 4. The molecule has 5 nitrogen and oxygen atoms in total. The minimum atomic E-state index is -0.136. The lowest BCUT2D eigenvalue weighted by atomic mass is 9.79. The number of benzene rings is 2. The largest absolute Gasteiger partial charge is 0.299 e. The van der Waals surface area contributed by atoms with Crippen molar-refractivity contribution in [2.75, 3.05) is 0 Å². The highest BCUT2D eigenvalue weighted by molar-refractivity contribution is 6.32. The first kappa shape index (κ1) is 21.5. The molecular weight excluding hydrogens is 431 g/mol. The van der Waals surface area contributed by atoms with Crippen molar-refractivity contribution in [3.05, 3.63) is 81.7 Å². The fourth-order valence-corrected chi connectivity index (χ4v) is 4.35. The zero-order valence-electron chi connectivity index (χ0n) is 17.6. The molecule has 7 heteroatoms. The molecule has 0 saturated heterocycles. The molecule has 0 aliphatic heterocycles. The van der Waals surface area contributed by atoms with Crippen LogP contribution in [0.3, 0.4) is 0 Å². The Hall–Kier alpha value is -2.76. The van der Waals surface area contributed by atoms with Gasteiger partial charge in [-0.05, 0) is 51.1 Å². The Balaban J connectivity index is 1.61. The van der Waals surface area contributed by atoms with E-state index in [2.05, 4.69) is 36.0 Å². The van der Waals surface area contributed by atoms with Crippen molar-refractivity contribution >= 4 is 39.8 Å². The molecule has 0 amide bonds. The minimum Gasteiger partial charge on any atom is -0.299 e. The van der Waals surface area contributed by atoms with Gasteiger partial charge in [-0.15, -0.1) is 4.80 Å². The SMILES string of the molecule is CC(C)(C)c1c(CC(=O)Cc2cnc(-n3nccn3)c(Cl)c2)ccc2ccc(Cl)cc12. The molecule has 4 aromatic rings. The van der Waals surface area contributed by atoms with Crippen molar-refractivity contribution in [1.29, 1.82) is 0 Å². The average molecular weight is 453 g/mol. The highest BCUT2D eigenvalue weighted by atomic mass is 35.5. The van der Waals surface area contributed by atoms with Crippen molar-refractivity contribution in [2.45, 2.75) is 39.0 Å². The Morgan fingerprint density at radius 2 is 1.71 bits per heavy atom. The first-order valence-electron chi connectivity index (χ1n) is 9.97. The van der Waals surface area contributed by atoms with Gasteiger partial charge in [0.25, 0.3) is 0 Å². The smallest absolute Gasteiger partial charge is 0.193 e. The van der Waals surface area contributed by atoms with Gasteiger partial charge < -0.3 is 0 Å². The molecule has 0 aliphatic rings. The molecule has 2 aromatic heterocycles. The average Bonchev–Trinajstić information content (AvgIpc) is 3.21. The van der Waals surface area contributed by atoms with Crippen LogP contribution in [0.1, 0.15) is 37.5 Å². The monoisotopic (exact) mass is 452 g/mol. The van der Waals surface area contributed by atoms with Crippen molar-refractivity contribution in [3.8, 4) is 5.82 Å². The van der Waals surface area contributed by atoms with Crippen LogP contribution in [-0.2, 0) is 23.1 Å². The summed E-state index contributed by atoms with van der Waals surface area (Å²) in [7, 11) is 0. The molecule has 0 spiro atoms. The van der Waals surface area contributed by atoms with Gasteiger partial charge in [-0.25, -0.2) is 4.98 Å². The summed E-state index contributed by atoms with van der Waals surface area (Å²) in [6.45, 7) is 6.47. The number of pyridine rings is 1. The van der Waals surface area contributed by atoms with E-state index in [0.717, 1.165) is 27.5 Å². The lowest BCUT2D eigenvalue weighted by molar-refractivity contribution is -0.117. The first-order chi connectivity index (χ1) is 14.7. The van der Waals surface area contributed by atoms with E-state index in [1.165, 1.54) is 4.80 Å². The fraction of sp³-hybridized carbons (Fsp3) is 0.250. The van der Waals surface area contributed by atoms with Crippen molar-refractivity contribution in [2.24, 2.45) is 0 Å². The molecule has 0 atom stereocenters. The zero-order chi connectivity index (χ0) is 22.2. The molecule has 0 bridgehead atoms. The summed E-state index contributed by atoms with van der Waals surface area (Å²) in [6.07, 6.45) is 5.33. The van der Waals surface area contributed by atoms with Gasteiger partial charge in [0.15, 0.2) is 5.82 Å². The van der Waals surface area contributed by atoms with Crippen molar-refractivity contribution in [1.82, 2.24) is 20.0 Å². The van der Waals surface area contributed by atoms with E-state index in [-0.39, 0.29) is 17.6 Å². The van der Waals surface area contributed by atoms with Crippen LogP contribution in [0.2, 0.25) is 10.0 Å². The third kappa shape index (κ3) is 4.63. The maximum Gasteiger partial charge on any atom is 0.193 e.